The Labute approximate surface area is 197 Å². The zero-order chi connectivity index (χ0) is 23.3. The predicted octanol–water partition coefficient (Wildman–Crippen LogP) is 4.23. The topological polar surface area (TPSA) is 128 Å². The summed E-state index contributed by atoms with van der Waals surface area (Å²) in [6.07, 6.45) is 1.65. The molecule has 0 unspecified atom stereocenters. The molecule has 0 spiro atoms. The molecule has 0 bridgehead atoms. The molecule has 2 aromatic heterocycles. The van der Waals surface area contributed by atoms with E-state index in [0.717, 1.165) is 69.2 Å². The zero-order valence-corrected chi connectivity index (χ0v) is 18.9. The van der Waals surface area contributed by atoms with E-state index in [2.05, 4.69) is 9.97 Å². The largest absolute Gasteiger partial charge is 0.493 e. The Balaban J connectivity index is 1.34. The average Bonchev–Trinajstić information content (AvgIpc) is 3.48. The first-order valence-corrected chi connectivity index (χ1v) is 11.5. The molecule has 0 saturated heterocycles. The van der Waals surface area contributed by atoms with E-state index in [1.807, 2.05) is 60.7 Å². The highest BCUT2D eigenvalue weighted by Crippen LogP contribution is 2.28. The molecular formula is C26H28N6O2. The third-order valence-electron chi connectivity index (χ3n) is 5.57. The first-order valence-electron chi connectivity index (χ1n) is 11.5. The Hall–Kier alpha value is -3.88. The number of fused-ring (bicyclic) bond motifs is 2. The lowest BCUT2D eigenvalue weighted by Crippen LogP contribution is -2.05. The number of imidazole rings is 2. The van der Waals surface area contributed by atoms with Crippen molar-refractivity contribution in [2.45, 2.75) is 12.8 Å². The van der Waals surface area contributed by atoms with Crippen LogP contribution in [0, 0.1) is 0 Å². The molecule has 0 amide bonds. The van der Waals surface area contributed by atoms with Gasteiger partial charge in [0.2, 0.25) is 0 Å². The number of aromatic nitrogens is 4. The molecule has 0 aliphatic rings. The van der Waals surface area contributed by atoms with Crippen LogP contribution in [0.2, 0.25) is 0 Å². The van der Waals surface area contributed by atoms with Gasteiger partial charge < -0.3 is 30.9 Å². The Morgan fingerprint density at radius 1 is 0.618 bits per heavy atom. The molecular weight excluding hydrogens is 428 g/mol. The monoisotopic (exact) mass is 456 g/mol. The molecule has 174 valence electrons. The molecule has 34 heavy (non-hydrogen) atoms. The van der Waals surface area contributed by atoms with Crippen molar-refractivity contribution in [1.82, 2.24) is 19.9 Å². The Kier molecular flexibility index (Phi) is 6.42. The smallest absolute Gasteiger partial charge is 0.138 e. The maximum Gasteiger partial charge on any atom is 0.138 e. The third-order valence-corrected chi connectivity index (χ3v) is 5.57. The number of rotatable bonds is 10. The molecule has 8 heteroatoms. The van der Waals surface area contributed by atoms with Gasteiger partial charge in [-0.1, -0.05) is 24.3 Å². The Morgan fingerprint density at radius 2 is 1.06 bits per heavy atom. The van der Waals surface area contributed by atoms with Crippen LogP contribution in [0.25, 0.3) is 44.8 Å². The Bertz CT molecular complexity index is 1280. The van der Waals surface area contributed by atoms with Crippen LogP contribution < -0.4 is 20.9 Å². The number of hydrogen-bond donors (Lipinski definition) is 4. The molecule has 0 fully saturated rings. The lowest BCUT2D eigenvalue weighted by Gasteiger charge is -2.04. The van der Waals surface area contributed by atoms with Gasteiger partial charge in [0.15, 0.2) is 0 Å². The second-order valence-electron chi connectivity index (χ2n) is 8.09. The highest BCUT2D eigenvalue weighted by atomic mass is 16.5. The minimum absolute atomic E-state index is 0.606. The number of aromatic amines is 2. The Morgan fingerprint density at radius 3 is 1.47 bits per heavy atom. The van der Waals surface area contributed by atoms with Gasteiger partial charge in [-0.3, -0.25) is 0 Å². The molecule has 3 aromatic carbocycles. The van der Waals surface area contributed by atoms with Gasteiger partial charge in [0.05, 0.1) is 35.3 Å². The van der Waals surface area contributed by atoms with Gasteiger partial charge in [0, 0.05) is 23.3 Å². The molecule has 0 radical (unpaired) electrons. The maximum atomic E-state index is 5.74. The van der Waals surface area contributed by atoms with Gasteiger partial charge in [0.25, 0.3) is 0 Å². The van der Waals surface area contributed by atoms with Crippen molar-refractivity contribution < 1.29 is 9.47 Å². The minimum Gasteiger partial charge on any atom is -0.493 e. The fraction of sp³-hybridized carbons (Fsp3) is 0.231. The van der Waals surface area contributed by atoms with E-state index in [1.165, 1.54) is 0 Å². The lowest BCUT2D eigenvalue weighted by atomic mass is 10.1. The quantitative estimate of drug-likeness (QED) is 0.233. The van der Waals surface area contributed by atoms with Crippen molar-refractivity contribution in [2.75, 3.05) is 26.3 Å². The van der Waals surface area contributed by atoms with Crippen LogP contribution >= 0.6 is 0 Å². The van der Waals surface area contributed by atoms with E-state index in [0.29, 0.717) is 26.3 Å². The second kappa shape index (κ2) is 9.94. The standard InChI is InChI=1S/C26H28N6O2/c27-11-1-13-33-19-7-9-21-23(15-19)31-25(29-21)17-3-5-18(6-4-17)26-30-22-10-8-20(16-24(22)32-26)34-14-2-12-28/h3-10,15-16H,1-2,11-14,27-28H2,(H,29,31)(H,30,32). The lowest BCUT2D eigenvalue weighted by molar-refractivity contribution is 0.313. The number of nitrogens with one attached hydrogen (secondary N) is 2. The van der Waals surface area contributed by atoms with Gasteiger partial charge >= 0.3 is 0 Å². The number of ether oxygens (including phenoxy) is 2. The first kappa shape index (κ1) is 21.9. The fourth-order valence-corrected chi connectivity index (χ4v) is 3.76. The zero-order valence-electron chi connectivity index (χ0n) is 18.9. The SMILES string of the molecule is NCCCOc1ccc2nc(-c3ccc(-c4nc5ccc(OCCCN)cc5[nH]4)cc3)[nH]c2c1. The molecule has 0 atom stereocenters. The van der Waals surface area contributed by atoms with Gasteiger partial charge in [-0.2, -0.15) is 0 Å². The summed E-state index contributed by atoms with van der Waals surface area (Å²) < 4.78 is 11.5. The van der Waals surface area contributed by atoms with Gasteiger partial charge in [-0.15, -0.1) is 0 Å². The van der Waals surface area contributed by atoms with E-state index in [-0.39, 0.29) is 0 Å². The summed E-state index contributed by atoms with van der Waals surface area (Å²) in [6, 6.07) is 19.9. The van der Waals surface area contributed by atoms with Gasteiger partial charge in [0.1, 0.15) is 23.1 Å². The van der Waals surface area contributed by atoms with E-state index in [9.17, 15) is 0 Å². The summed E-state index contributed by atoms with van der Waals surface area (Å²) in [7, 11) is 0. The molecule has 5 rings (SSSR count). The summed E-state index contributed by atoms with van der Waals surface area (Å²) in [4.78, 5) is 16.2. The molecule has 2 heterocycles. The van der Waals surface area contributed by atoms with Gasteiger partial charge in [-0.05, 0) is 50.2 Å². The van der Waals surface area contributed by atoms with Gasteiger partial charge in [-0.25, -0.2) is 9.97 Å². The molecule has 0 aliphatic heterocycles. The summed E-state index contributed by atoms with van der Waals surface area (Å²) in [6.45, 7) is 2.44. The van der Waals surface area contributed by atoms with E-state index < -0.39 is 0 Å². The molecule has 8 nitrogen and oxygen atoms in total. The summed E-state index contributed by atoms with van der Waals surface area (Å²) in [5.74, 6) is 3.24. The highest BCUT2D eigenvalue weighted by Gasteiger charge is 2.10. The first-order chi connectivity index (χ1) is 16.7. The van der Waals surface area contributed by atoms with Crippen LogP contribution in [0.1, 0.15) is 12.8 Å². The summed E-state index contributed by atoms with van der Waals surface area (Å²) in [5, 5.41) is 0. The molecule has 5 aromatic rings. The minimum atomic E-state index is 0.606. The number of H-pyrrole nitrogens is 2. The molecule has 0 saturated carbocycles. The van der Waals surface area contributed by atoms with Crippen molar-refractivity contribution >= 4 is 22.1 Å². The molecule has 0 aliphatic carbocycles. The predicted molar refractivity (Wildman–Crippen MR) is 135 cm³/mol. The fourth-order valence-electron chi connectivity index (χ4n) is 3.76. The third kappa shape index (κ3) is 4.73. The van der Waals surface area contributed by atoms with Crippen molar-refractivity contribution in [3.8, 4) is 34.3 Å². The van der Waals surface area contributed by atoms with Crippen molar-refractivity contribution in [3.05, 3.63) is 60.7 Å². The summed E-state index contributed by atoms with van der Waals surface area (Å²) in [5.41, 5.74) is 16.7. The highest BCUT2D eigenvalue weighted by molar-refractivity contribution is 5.82. The number of benzene rings is 3. The number of nitrogens with zero attached hydrogens (tertiary/aromatic N) is 2. The van der Waals surface area contributed by atoms with Crippen molar-refractivity contribution in [2.24, 2.45) is 11.5 Å². The normalized spacial score (nSPS) is 11.4. The maximum absolute atomic E-state index is 5.74. The van der Waals surface area contributed by atoms with Crippen LogP contribution in [0.3, 0.4) is 0 Å². The number of nitrogens with two attached hydrogens (primary N) is 2. The average molecular weight is 457 g/mol. The summed E-state index contributed by atoms with van der Waals surface area (Å²) >= 11 is 0. The van der Waals surface area contributed by atoms with Crippen molar-refractivity contribution in [3.63, 3.8) is 0 Å². The van der Waals surface area contributed by atoms with E-state index in [1.54, 1.807) is 0 Å². The van der Waals surface area contributed by atoms with Crippen LogP contribution in [0.5, 0.6) is 11.5 Å². The number of hydrogen-bond acceptors (Lipinski definition) is 6. The van der Waals surface area contributed by atoms with E-state index >= 15 is 0 Å². The van der Waals surface area contributed by atoms with Crippen LogP contribution in [0.4, 0.5) is 0 Å². The second-order valence-corrected chi connectivity index (χ2v) is 8.09. The van der Waals surface area contributed by atoms with Crippen molar-refractivity contribution in [1.29, 1.82) is 0 Å². The van der Waals surface area contributed by atoms with Crippen LogP contribution in [0.15, 0.2) is 60.7 Å². The molecule has 6 N–H and O–H groups in total. The van der Waals surface area contributed by atoms with Crippen LogP contribution in [-0.2, 0) is 0 Å². The van der Waals surface area contributed by atoms with Crippen LogP contribution in [-0.4, -0.2) is 46.2 Å². The van der Waals surface area contributed by atoms with E-state index in [4.69, 9.17) is 30.9 Å².